The van der Waals surface area contributed by atoms with E-state index in [2.05, 4.69) is 20.3 Å². The van der Waals surface area contributed by atoms with E-state index in [9.17, 15) is 18.0 Å². The van der Waals surface area contributed by atoms with E-state index >= 15 is 0 Å². The van der Waals surface area contributed by atoms with Crippen LogP contribution in [0.1, 0.15) is 17.4 Å². The van der Waals surface area contributed by atoms with Gasteiger partial charge in [0.1, 0.15) is 9.90 Å². The predicted octanol–water partition coefficient (Wildman–Crippen LogP) is 3.22. The summed E-state index contributed by atoms with van der Waals surface area (Å²) in [5.41, 5.74) is 1.22. The molecule has 11 heteroatoms. The number of hydrogen-bond acceptors (Lipinski definition) is 7. The van der Waals surface area contributed by atoms with Crippen LogP contribution in [0, 0.1) is 0 Å². The van der Waals surface area contributed by atoms with Crippen molar-refractivity contribution in [3.63, 3.8) is 0 Å². The third kappa shape index (κ3) is 4.90. The molecule has 3 N–H and O–H groups in total. The number of nitrogens with one attached hydrogen (secondary N) is 3. The number of anilines is 3. The van der Waals surface area contributed by atoms with Gasteiger partial charge in [-0.25, -0.2) is 13.4 Å². The van der Waals surface area contributed by atoms with E-state index in [4.69, 9.17) is 0 Å². The third-order valence-corrected chi connectivity index (χ3v) is 6.80. The third-order valence-electron chi connectivity index (χ3n) is 3.18. The van der Waals surface area contributed by atoms with Gasteiger partial charge in [0, 0.05) is 23.7 Å². The summed E-state index contributed by atoms with van der Waals surface area (Å²) in [6, 6.07) is 9.69. The Morgan fingerprint density at radius 3 is 2.26 bits per heavy atom. The molecule has 1 aromatic carbocycles. The number of rotatable bonds is 6. The summed E-state index contributed by atoms with van der Waals surface area (Å²) in [4.78, 5) is 27.3. The SMILES string of the molecule is CC(=O)Nc1ccc(NC(=O)c2csc(NS(=O)(=O)c3cccs3)n2)cc1. The van der Waals surface area contributed by atoms with Crippen molar-refractivity contribution in [3.05, 3.63) is 52.9 Å². The van der Waals surface area contributed by atoms with Gasteiger partial charge in [0.15, 0.2) is 5.13 Å². The Labute approximate surface area is 163 Å². The Morgan fingerprint density at radius 2 is 1.67 bits per heavy atom. The van der Waals surface area contributed by atoms with E-state index in [0.717, 1.165) is 22.7 Å². The van der Waals surface area contributed by atoms with E-state index in [1.54, 1.807) is 35.7 Å². The van der Waals surface area contributed by atoms with E-state index in [1.807, 2.05) is 0 Å². The number of carbonyl (C=O) groups excluding carboxylic acids is 2. The zero-order valence-electron chi connectivity index (χ0n) is 13.9. The van der Waals surface area contributed by atoms with Crippen LogP contribution in [0.15, 0.2) is 51.4 Å². The quantitative estimate of drug-likeness (QED) is 0.564. The highest BCUT2D eigenvalue weighted by atomic mass is 32.2. The van der Waals surface area contributed by atoms with Gasteiger partial charge in [-0.2, -0.15) is 0 Å². The molecule has 140 valence electrons. The van der Waals surface area contributed by atoms with E-state index in [1.165, 1.54) is 18.4 Å². The monoisotopic (exact) mass is 422 g/mol. The first-order chi connectivity index (χ1) is 12.8. The molecule has 0 spiro atoms. The molecule has 0 aliphatic carbocycles. The molecule has 0 aliphatic rings. The number of sulfonamides is 1. The molecule has 3 aromatic rings. The second-order valence-electron chi connectivity index (χ2n) is 5.29. The molecule has 0 saturated heterocycles. The van der Waals surface area contributed by atoms with Gasteiger partial charge in [-0.15, -0.1) is 22.7 Å². The standard InChI is InChI=1S/C16H14N4O4S3/c1-10(21)17-11-4-6-12(7-5-11)18-15(22)13-9-26-16(19-13)20-27(23,24)14-3-2-8-25-14/h2-9H,1H3,(H,17,21)(H,18,22)(H,19,20). The van der Waals surface area contributed by atoms with Crippen molar-refractivity contribution >= 4 is 61.0 Å². The van der Waals surface area contributed by atoms with Gasteiger partial charge in [-0.05, 0) is 35.7 Å². The summed E-state index contributed by atoms with van der Waals surface area (Å²) in [7, 11) is -3.71. The molecule has 2 heterocycles. The van der Waals surface area contributed by atoms with Gasteiger partial charge in [0.2, 0.25) is 5.91 Å². The van der Waals surface area contributed by atoms with Crippen molar-refractivity contribution in [2.75, 3.05) is 15.4 Å². The number of thiazole rings is 1. The summed E-state index contributed by atoms with van der Waals surface area (Å²) in [5, 5.41) is 8.52. The summed E-state index contributed by atoms with van der Waals surface area (Å²) in [5.74, 6) is -0.660. The maximum atomic E-state index is 12.3. The zero-order chi connectivity index (χ0) is 19.4. The number of carbonyl (C=O) groups is 2. The fourth-order valence-corrected chi connectivity index (χ4v) is 4.98. The van der Waals surface area contributed by atoms with Crippen molar-refractivity contribution in [2.24, 2.45) is 0 Å². The lowest BCUT2D eigenvalue weighted by atomic mass is 10.2. The lowest BCUT2D eigenvalue weighted by Gasteiger charge is -2.05. The second-order valence-corrected chi connectivity index (χ2v) is 9.00. The Balaban J connectivity index is 1.65. The zero-order valence-corrected chi connectivity index (χ0v) is 16.4. The molecule has 27 heavy (non-hydrogen) atoms. The Bertz CT molecular complexity index is 1060. The molecule has 0 aliphatic heterocycles. The topological polar surface area (TPSA) is 117 Å². The summed E-state index contributed by atoms with van der Waals surface area (Å²) < 4.78 is 26.9. The van der Waals surface area contributed by atoms with E-state index in [-0.39, 0.29) is 20.9 Å². The van der Waals surface area contributed by atoms with Gasteiger partial charge in [-0.1, -0.05) is 6.07 Å². The smallest absolute Gasteiger partial charge is 0.275 e. The van der Waals surface area contributed by atoms with Gasteiger partial charge in [0.25, 0.3) is 15.9 Å². The number of benzene rings is 1. The van der Waals surface area contributed by atoms with Crippen LogP contribution in [-0.2, 0) is 14.8 Å². The molecule has 2 aromatic heterocycles. The van der Waals surface area contributed by atoms with Crippen LogP contribution in [0.3, 0.4) is 0 Å². The first-order valence-corrected chi connectivity index (χ1v) is 10.8. The molecule has 3 rings (SSSR count). The second kappa shape index (κ2) is 7.86. The molecule has 0 fully saturated rings. The number of hydrogen-bond donors (Lipinski definition) is 3. The molecule has 0 saturated carbocycles. The van der Waals surface area contributed by atoms with Crippen molar-refractivity contribution < 1.29 is 18.0 Å². The first kappa shape index (κ1) is 19.0. The molecule has 0 unspecified atom stereocenters. The van der Waals surface area contributed by atoms with E-state index in [0.29, 0.717) is 11.4 Å². The van der Waals surface area contributed by atoms with Crippen molar-refractivity contribution in [1.29, 1.82) is 0 Å². The lowest BCUT2D eigenvalue weighted by molar-refractivity contribution is -0.114. The Hall–Kier alpha value is -2.76. The number of thiophene rings is 1. The number of aromatic nitrogens is 1. The summed E-state index contributed by atoms with van der Waals surface area (Å²) in [6.45, 7) is 1.40. The normalized spacial score (nSPS) is 11.0. The van der Waals surface area contributed by atoms with Crippen molar-refractivity contribution in [3.8, 4) is 0 Å². The Kier molecular flexibility index (Phi) is 5.54. The van der Waals surface area contributed by atoms with Gasteiger partial charge >= 0.3 is 0 Å². The fourth-order valence-electron chi connectivity index (χ4n) is 2.04. The predicted molar refractivity (Wildman–Crippen MR) is 106 cm³/mol. The molecular weight excluding hydrogens is 408 g/mol. The highest BCUT2D eigenvalue weighted by molar-refractivity contribution is 7.94. The van der Waals surface area contributed by atoms with Crippen LogP contribution in [0.4, 0.5) is 16.5 Å². The highest BCUT2D eigenvalue weighted by Gasteiger charge is 2.18. The maximum Gasteiger partial charge on any atom is 0.275 e. The number of amides is 2. The average Bonchev–Trinajstić information content (AvgIpc) is 3.27. The molecule has 0 radical (unpaired) electrons. The molecular formula is C16H14N4O4S3. The maximum absolute atomic E-state index is 12.3. The molecule has 2 amide bonds. The van der Waals surface area contributed by atoms with Crippen LogP contribution < -0.4 is 15.4 Å². The number of nitrogens with zero attached hydrogens (tertiary/aromatic N) is 1. The van der Waals surface area contributed by atoms with Gasteiger partial charge < -0.3 is 10.6 Å². The largest absolute Gasteiger partial charge is 0.326 e. The van der Waals surface area contributed by atoms with E-state index < -0.39 is 15.9 Å². The Morgan fingerprint density at radius 1 is 1.00 bits per heavy atom. The fraction of sp³-hybridized carbons (Fsp3) is 0.0625. The minimum Gasteiger partial charge on any atom is -0.326 e. The van der Waals surface area contributed by atoms with Crippen LogP contribution in [0.25, 0.3) is 0 Å². The van der Waals surface area contributed by atoms with Crippen LogP contribution in [0.5, 0.6) is 0 Å². The lowest BCUT2D eigenvalue weighted by Crippen LogP contribution is -2.14. The minimum absolute atomic E-state index is 0.0924. The molecule has 0 atom stereocenters. The average molecular weight is 423 g/mol. The van der Waals surface area contributed by atoms with Crippen LogP contribution in [0.2, 0.25) is 0 Å². The summed E-state index contributed by atoms with van der Waals surface area (Å²) >= 11 is 2.11. The van der Waals surface area contributed by atoms with Crippen molar-refractivity contribution in [2.45, 2.75) is 11.1 Å². The highest BCUT2D eigenvalue weighted by Crippen LogP contribution is 2.23. The van der Waals surface area contributed by atoms with Crippen LogP contribution in [-0.4, -0.2) is 25.2 Å². The molecule has 0 bridgehead atoms. The van der Waals surface area contributed by atoms with Crippen molar-refractivity contribution in [1.82, 2.24) is 4.98 Å². The van der Waals surface area contributed by atoms with Gasteiger partial charge in [-0.3, -0.25) is 14.3 Å². The summed E-state index contributed by atoms with van der Waals surface area (Å²) in [6.07, 6.45) is 0. The van der Waals surface area contributed by atoms with Gasteiger partial charge in [0.05, 0.1) is 0 Å². The molecule has 8 nitrogen and oxygen atoms in total. The minimum atomic E-state index is -3.71. The first-order valence-electron chi connectivity index (χ1n) is 7.54. The van der Waals surface area contributed by atoms with Crippen LogP contribution >= 0.6 is 22.7 Å².